The zero-order valence-corrected chi connectivity index (χ0v) is 20.2. The van der Waals surface area contributed by atoms with E-state index in [1.165, 1.54) is 0 Å². The Hall–Kier alpha value is -3.39. The van der Waals surface area contributed by atoms with Crippen LogP contribution in [0.2, 0.25) is 0 Å². The standard InChI is InChI=1S/C27H33N3O5/c1-30(2)15-24(26(33)28-23(14-25(31)32)17-8-7-9-17)29-27(34)35-16-22-20-12-5-3-10-18(20)19-11-4-6-13-21(19)22/h3-6,10-13,17,22-24H,7-9,14-16H2,1-2H3,(H,28,33)(H,29,34)(H,31,32)/t23?,24-/m0/s1. The number of fused-ring (bicyclic) bond motifs is 3. The SMILES string of the molecule is CN(C)C[C@H](NC(=O)OCC1c2ccccc2-c2ccccc21)C(=O)NC(CC(=O)O)C1CCC1. The first kappa shape index (κ1) is 24.7. The molecule has 1 fully saturated rings. The van der Waals surface area contributed by atoms with Crippen molar-refractivity contribution in [1.82, 2.24) is 15.5 Å². The smallest absolute Gasteiger partial charge is 0.407 e. The Morgan fingerprint density at radius 1 is 1.00 bits per heavy atom. The minimum Gasteiger partial charge on any atom is -0.481 e. The number of ether oxygens (including phenoxy) is 1. The van der Waals surface area contributed by atoms with E-state index in [0.717, 1.165) is 41.5 Å². The van der Waals surface area contributed by atoms with Crippen LogP contribution >= 0.6 is 0 Å². The predicted molar refractivity (Wildman–Crippen MR) is 132 cm³/mol. The van der Waals surface area contributed by atoms with Crippen LogP contribution in [0.5, 0.6) is 0 Å². The van der Waals surface area contributed by atoms with Crippen LogP contribution in [-0.2, 0) is 14.3 Å². The Kier molecular flexibility index (Phi) is 7.70. The van der Waals surface area contributed by atoms with Crippen molar-refractivity contribution in [3.8, 4) is 11.1 Å². The molecule has 0 aliphatic heterocycles. The number of alkyl carbamates (subject to hydrolysis) is 1. The number of hydrogen-bond donors (Lipinski definition) is 3. The summed E-state index contributed by atoms with van der Waals surface area (Å²) in [7, 11) is 3.61. The summed E-state index contributed by atoms with van der Waals surface area (Å²) in [5.74, 6) is -1.27. The van der Waals surface area contributed by atoms with Crippen molar-refractivity contribution < 1.29 is 24.2 Å². The highest BCUT2D eigenvalue weighted by atomic mass is 16.5. The van der Waals surface area contributed by atoms with Gasteiger partial charge in [-0.1, -0.05) is 55.0 Å². The molecule has 4 rings (SSSR count). The summed E-state index contributed by atoms with van der Waals surface area (Å²) in [4.78, 5) is 38.9. The fourth-order valence-electron chi connectivity index (χ4n) is 4.99. The number of carbonyl (C=O) groups is 3. The van der Waals surface area contributed by atoms with Gasteiger partial charge in [-0.3, -0.25) is 9.59 Å². The van der Waals surface area contributed by atoms with Gasteiger partial charge < -0.3 is 25.4 Å². The van der Waals surface area contributed by atoms with Crippen molar-refractivity contribution >= 4 is 18.0 Å². The van der Waals surface area contributed by atoms with E-state index in [1.54, 1.807) is 19.0 Å². The molecule has 0 radical (unpaired) electrons. The molecular formula is C27H33N3O5. The third-order valence-corrected chi connectivity index (χ3v) is 6.94. The normalized spacial score (nSPS) is 16.5. The Morgan fingerprint density at radius 2 is 1.60 bits per heavy atom. The maximum Gasteiger partial charge on any atom is 0.407 e. The summed E-state index contributed by atoms with van der Waals surface area (Å²) in [6, 6.07) is 14.9. The van der Waals surface area contributed by atoms with Crippen LogP contribution in [0.25, 0.3) is 11.1 Å². The second-order valence-corrected chi connectivity index (χ2v) is 9.69. The first-order valence-electron chi connectivity index (χ1n) is 12.1. The zero-order valence-electron chi connectivity index (χ0n) is 20.2. The lowest BCUT2D eigenvalue weighted by atomic mass is 9.78. The second kappa shape index (κ2) is 10.9. The maximum atomic E-state index is 13.0. The van der Waals surface area contributed by atoms with E-state index in [0.29, 0.717) is 0 Å². The Bertz CT molecular complexity index is 1040. The van der Waals surface area contributed by atoms with Crippen LogP contribution < -0.4 is 10.6 Å². The van der Waals surface area contributed by atoms with Gasteiger partial charge in [0.2, 0.25) is 5.91 Å². The van der Waals surface area contributed by atoms with Gasteiger partial charge in [0.15, 0.2) is 0 Å². The van der Waals surface area contributed by atoms with Crippen LogP contribution in [0, 0.1) is 5.92 Å². The molecule has 0 spiro atoms. The molecule has 0 saturated heterocycles. The minimum atomic E-state index is -0.948. The fourth-order valence-corrected chi connectivity index (χ4v) is 4.99. The molecule has 8 nitrogen and oxygen atoms in total. The number of rotatable bonds is 10. The Morgan fingerprint density at radius 3 is 2.11 bits per heavy atom. The van der Waals surface area contributed by atoms with Gasteiger partial charge >= 0.3 is 12.1 Å². The number of benzene rings is 2. The average molecular weight is 480 g/mol. The number of amides is 2. The minimum absolute atomic E-state index is 0.0761. The van der Waals surface area contributed by atoms with Crippen molar-refractivity contribution in [1.29, 1.82) is 0 Å². The van der Waals surface area contributed by atoms with E-state index in [-0.39, 0.29) is 31.4 Å². The monoisotopic (exact) mass is 479 g/mol. The molecule has 2 aromatic carbocycles. The Labute approximate surface area is 205 Å². The fraction of sp³-hybridized carbons (Fsp3) is 0.444. The van der Waals surface area contributed by atoms with Gasteiger partial charge in [-0.15, -0.1) is 0 Å². The number of hydrogen-bond acceptors (Lipinski definition) is 5. The van der Waals surface area contributed by atoms with Crippen molar-refractivity contribution in [3.05, 3.63) is 59.7 Å². The van der Waals surface area contributed by atoms with E-state index < -0.39 is 30.1 Å². The van der Waals surface area contributed by atoms with Gasteiger partial charge in [0.25, 0.3) is 0 Å². The highest BCUT2D eigenvalue weighted by Crippen LogP contribution is 2.44. The molecule has 2 aliphatic carbocycles. The topological polar surface area (TPSA) is 108 Å². The number of carbonyl (C=O) groups excluding carboxylic acids is 2. The Balaban J connectivity index is 1.40. The van der Waals surface area contributed by atoms with Crippen LogP contribution in [0.1, 0.15) is 42.7 Å². The van der Waals surface area contributed by atoms with Gasteiger partial charge in [-0.25, -0.2) is 4.79 Å². The van der Waals surface area contributed by atoms with Gasteiger partial charge in [0.1, 0.15) is 12.6 Å². The van der Waals surface area contributed by atoms with Crippen LogP contribution in [0.4, 0.5) is 4.79 Å². The second-order valence-electron chi connectivity index (χ2n) is 9.69. The molecule has 186 valence electrons. The summed E-state index contributed by atoms with van der Waals surface area (Å²) < 4.78 is 5.61. The molecule has 2 aliphatic rings. The van der Waals surface area contributed by atoms with Crippen molar-refractivity contribution in [3.63, 3.8) is 0 Å². The van der Waals surface area contributed by atoms with Crippen molar-refractivity contribution in [2.45, 2.75) is 43.7 Å². The van der Waals surface area contributed by atoms with E-state index in [4.69, 9.17) is 4.74 Å². The maximum absolute atomic E-state index is 13.0. The molecule has 1 saturated carbocycles. The lowest BCUT2D eigenvalue weighted by molar-refractivity contribution is -0.138. The molecule has 8 heteroatoms. The molecule has 35 heavy (non-hydrogen) atoms. The summed E-state index contributed by atoms with van der Waals surface area (Å²) in [5, 5.41) is 14.8. The van der Waals surface area contributed by atoms with Crippen molar-refractivity contribution in [2.24, 2.45) is 5.92 Å². The molecule has 0 aromatic heterocycles. The largest absolute Gasteiger partial charge is 0.481 e. The summed E-state index contributed by atoms with van der Waals surface area (Å²) >= 11 is 0. The highest BCUT2D eigenvalue weighted by Gasteiger charge is 2.33. The van der Waals surface area contributed by atoms with Crippen molar-refractivity contribution in [2.75, 3.05) is 27.2 Å². The summed E-state index contributed by atoms with van der Waals surface area (Å²) in [5.41, 5.74) is 4.51. The predicted octanol–water partition coefficient (Wildman–Crippen LogP) is 3.21. The van der Waals surface area contributed by atoms with Crippen LogP contribution in [-0.4, -0.2) is 67.3 Å². The molecular weight excluding hydrogens is 446 g/mol. The van der Waals surface area contributed by atoms with Gasteiger partial charge in [0.05, 0.1) is 6.42 Å². The zero-order chi connectivity index (χ0) is 24.9. The van der Waals surface area contributed by atoms with E-state index >= 15 is 0 Å². The molecule has 2 aromatic rings. The number of carboxylic acid groups (broad SMARTS) is 1. The summed E-state index contributed by atoms with van der Waals surface area (Å²) in [6.07, 6.45) is 2.03. The number of nitrogens with zero attached hydrogens (tertiary/aromatic N) is 1. The first-order valence-corrected chi connectivity index (χ1v) is 12.1. The van der Waals surface area contributed by atoms with Crippen LogP contribution in [0.15, 0.2) is 48.5 Å². The van der Waals surface area contributed by atoms with E-state index in [2.05, 4.69) is 22.8 Å². The molecule has 2 atom stereocenters. The van der Waals surface area contributed by atoms with E-state index in [1.807, 2.05) is 36.4 Å². The average Bonchev–Trinajstić information content (AvgIpc) is 3.09. The molecule has 0 heterocycles. The number of aliphatic carboxylic acids is 1. The third-order valence-electron chi connectivity index (χ3n) is 6.94. The molecule has 0 bridgehead atoms. The van der Waals surface area contributed by atoms with Gasteiger partial charge in [-0.2, -0.15) is 0 Å². The highest BCUT2D eigenvalue weighted by molar-refractivity contribution is 5.86. The molecule has 3 N–H and O–H groups in total. The molecule has 1 unspecified atom stereocenters. The quantitative estimate of drug-likeness (QED) is 0.483. The number of carboxylic acids is 1. The lowest BCUT2D eigenvalue weighted by Crippen LogP contribution is -2.55. The number of likely N-dealkylation sites (N-methyl/N-ethyl adjacent to an activating group) is 1. The van der Waals surface area contributed by atoms with E-state index in [9.17, 15) is 19.5 Å². The number of nitrogens with one attached hydrogen (secondary N) is 2. The summed E-state index contributed by atoms with van der Waals surface area (Å²) in [6.45, 7) is 0.417. The van der Waals surface area contributed by atoms with Gasteiger partial charge in [0, 0.05) is 18.5 Å². The molecule has 2 amide bonds. The van der Waals surface area contributed by atoms with Gasteiger partial charge in [-0.05, 0) is 55.1 Å². The van der Waals surface area contributed by atoms with Crippen LogP contribution in [0.3, 0.4) is 0 Å². The first-order chi connectivity index (χ1) is 16.8. The third kappa shape index (κ3) is 5.82. The lowest BCUT2D eigenvalue weighted by Gasteiger charge is -2.34.